The highest BCUT2D eigenvalue weighted by Crippen LogP contribution is 2.10. The Morgan fingerprint density at radius 1 is 1.64 bits per heavy atom. The summed E-state index contributed by atoms with van der Waals surface area (Å²) in [5.41, 5.74) is -0.140. The van der Waals surface area contributed by atoms with Crippen molar-refractivity contribution in [1.29, 1.82) is 0 Å². The van der Waals surface area contributed by atoms with Crippen molar-refractivity contribution < 1.29 is 4.74 Å². The van der Waals surface area contributed by atoms with Crippen LogP contribution in [0.5, 0.6) is 0 Å². The number of ether oxygens (including phenoxy) is 1. The van der Waals surface area contributed by atoms with Crippen LogP contribution in [-0.2, 0) is 4.74 Å². The highest BCUT2D eigenvalue weighted by Gasteiger charge is 2.13. The van der Waals surface area contributed by atoms with Crippen LogP contribution in [0.1, 0.15) is 12.8 Å². The average Bonchev–Trinajstić information content (AvgIpc) is 2.19. The molecule has 0 amide bonds. The Balaban J connectivity index is 1.99. The molecule has 0 aromatic carbocycles. The molecule has 5 heteroatoms. The number of nitrogens with one attached hydrogen (secondary N) is 2. The summed E-state index contributed by atoms with van der Waals surface area (Å²) in [4.78, 5) is 17.4. The van der Waals surface area contributed by atoms with Crippen LogP contribution in [0.2, 0.25) is 0 Å². The molecular formula is C9H13N3O2. The molecule has 0 radical (unpaired) electrons. The van der Waals surface area contributed by atoms with Gasteiger partial charge in [0.25, 0.3) is 5.56 Å². The molecule has 2 rings (SSSR count). The van der Waals surface area contributed by atoms with Crippen molar-refractivity contribution in [3.8, 4) is 0 Å². The minimum Gasteiger partial charge on any atom is -0.379 e. The first-order chi connectivity index (χ1) is 6.84. The second kappa shape index (κ2) is 4.23. The fourth-order valence-electron chi connectivity index (χ4n) is 1.51. The van der Waals surface area contributed by atoms with Crippen LogP contribution in [0.4, 0.5) is 5.82 Å². The number of anilines is 1. The molecule has 0 bridgehead atoms. The summed E-state index contributed by atoms with van der Waals surface area (Å²) in [6.45, 7) is 1.52. The molecular weight excluding hydrogens is 182 g/mol. The van der Waals surface area contributed by atoms with Crippen molar-refractivity contribution >= 4 is 5.82 Å². The van der Waals surface area contributed by atoms with Crippen molar-refractivity contribution in [3.63, 3.8) is 0 Å². The minimum absolute atomic E-state index is 0.140. The van der Waals surface area contributed by atoms with Crippen LogP contribution in [-0.4, -0.2) is 29.2 Å². The molecule has 14 heavy (non-hydrogen) atoms. The first kappa shape index (κ1) is 9.21. The average molecular weight is 195 g/mol. The van der Waals surface area contributed by atoms with E-state index in [1.807, 2.05) is 0 Å². The fourth-order valence-corrected chi connectivity index (χ4v) is 1.51. The number of H-pyrrole nitrogens is 1. The zero-order valence-corrected chi connectivity index (χ0v) is 7.82. The Hall–Kier alpha value is -1.36. The van der Waals surface area contributed by atoms with E-state index in [0.717, 1.165) is 19.4 Å². The third kappa shape index (κ3) is 2.32. The topological polar surface area (TPSA) is 67.0 Å². The lowest BCUT2D eigenvalue weighted by molar-refractivity contribution is 0.0875. The standard InChI is InChI=1S/C9H13N3O2/c13-9-4-8(10-6-11-9)12-7-2-1-3-14-5-7/h4,6-7H,1-3,5H2,(H2,10,11,12,13). The van der Waals surface area contributed by atoms with Gasteiger partial charge in [-0.3, -0.25) is 4.79 Å². The SMILES string of the molecule is O=c1cc(NC2CCCOC2)nc[nH]1. The lowest BCUT2D eigenvalue weighted by Crippen LogP contribution is -2.30. The van der Waals surface area contributed by atoms with Gasteiger partial charge in [0.2, 0.25) is 0 Å². The van der Waals surface area contributed by atoms with E-state index in [1.165, 1.54) is 12.4 Å². The zero-order chi connectivity index (χ0) is 9.80. The van der Waals surface area contributed by atoms with E-state index in [-0.39, 0.29) is 11.6 Å². The molecule has 1 unspecified atom stereocenters. The largest absolute Gasteiger partial charge is 0.379 e. The smallest absolute Gasteiger partial charge is 0.252 e. The summed E-state index contributed by atoms with van der Waals surface area (Å²) in [5, 5.41) is 3.17. The summed E-state index contributed by atoms with van der Waals surface area (Å²) in [6.07, 6.45) is 3.52. The summed E-state index contributed by atoms with van der Waals surface area (Å²) < 4.78 is 5.31. The van der Waals surface area contributed by atoms with E-state index in [2.05, 4.69) is 15.3 Å². The molecule has 1 fully saturated rings. The first-order valence-electron chi connectivity index (χ1n) is 4.73. The lowest BCUT2D eigenvalue weighted by Gasteiger charge is -2.23. The van der Waals surface area contributed by atoms with Gasteiger partial charge in [-0.25, -0.2) is 4.98 Å². The second-order valence-corrected chi connectivity index (χ2v) is 3.35. The predicted octanol–water partition coefficient (Wildman–Crippen LogP) is 0.361. The minimum atomic E-state index is -0.140. The quantitative estimate of drug-likeness (QED) is 0.715. The Bertz CT molecular complexity index is 344. The lowest BCUT2D eigenvalue weighted by atomic mass is 10.1. The summed E-state index contributed by atoms with van der Waals surface area (Å²) >= 11 is 0. The highest BCUT2D eigenvalue weighted by atomic mass is 16.5. The molecule has 5 nitrogen and oxygen atoms in total. The Kier molecular flexibility index (Phi) is 2.78. The molecule has 1 aliphatic rings. The molecule has 2 heterocycles. The summed E-state index contributed by atoms with van der Waals surface area (Å²) in [6, 6.07) is 1.73. The Morgan fingerprint density at radius 3 is 3.29 bits per heavy atom. The highest BCUT2D eigenvalue weighted by molar-refractivity contribution is 5.33. The van der Waals surface area contributed by atoms with Gasteiger partial charge >= 0.3 is 0 Å². The second-order valence-electron chi connectivity index (χ2n) is 3.35. The van der Waals surface area contributed by atoms with E-state index < -0.39 is 0 Å². The van der Waals surface area contributed by atoms with Gasteiger partial charge in [0, 0.05) is 12.7 Å². The van der Waals surface area contributed by atoms with Gasteiger partial charge in [0.15, 0.2) is 0 Å². The van der Waals surface area contributed by atoms with Crippen LogP contribution in [0.3, 0.4) is 0 Å². The van der Waals surface area contributed by atoms with Gasteiger partial charge in [0.1, 0.15) is 5.82 Å². The zero-order valence-electron chi connectivity index (χ0n) is 7.82. The normalized spacial score (nSPS) is 21.9. The van der Waals surface area contributed by atoms with Crippen molar-refractivity contribution in [1.82, 2.24) is 9.97 Å². The molecule has 1 saturated heterocycles. The maximum atomic E-state index is 11.0. The van der Waals surface area contributed by atoms with E-state index in [0.29, 0.717) is 12.4 Å². The summed E-state index contributed by atoms with van der Waals surface area (Å²) in [5.74, 6) is 0.615. The molecule has 1 aromatic heterocycles. The molecule has 0 saturated carbocycles. The van der Waals surface area contributed by atoms with Crippen LogP contribution < -0.4 is 10.9 Å². The van der Waals surface area contributed by atoms with Gasteiger partial charge in [-0.05, 0) is 12.8 Å². The number of nitrogens with zero attached hydrogens (tertiary/aromatic N) is 1. The molecule has 1 aromatic rings. The first-order valence-corrected chi connectivity index (χ1v) is 4.73. The third-order valence-electron chi connectivity index (χ3n) is 2.19. The number of hydrogen-bond acceptors (Lipinski definition) is 4. The van der Waals surface area contributed by atoms with Crippen molar-refractivity contribution in [2.24, 2.45) is 0 Å². The molecule has 76 valence electrons. The summed E-state index contributed by atoms with van der Waals surface area (Å²) in [7, 11) is 0. The number of rotatable bonds is 2. The van der Waals surface area contributed by atoms with Crippen LogP contribution in [0.15, 0.2) is 17.2 Å². The van der Waals surface area contributed by atoms with Crippen LogP contribution >= 0.6 is 0 Å². The van der Waals surface area contributed by atoms with Gasteiger partial charge in [0.05, 0.1) is 19.0 Å². The Morgan fingerprint density at radius 2 is 2.57 bits per heavy atom. The van der Waals surface area contributed by atoms with Gasteiger partial charge in [-0.2, -0.15) is 0 Å². The van der Waals surface area contributed by atoms with E-state index in [9.17, 15) is 4.79 Å². The van der Waals surface area contributed by atoms with Gasteiger partial charge in [-0.1, -0.05) is 0 Å². The molecule has 0 spiro atoms. The monoisotopic (exact) mass is 195 g/mol. The molecule has 1 aliphatic heterocycles. The molecule has 2 N–H and O–H groups in total. The number of hydrogen-bond donors (Lipinski definition) is 2. The molecule has 1 atom stereocenters. The van der Waals surface area contributed by atoms with E-state index in [1.54, 1.807) is 0 Å². The number of aromatic nitrogens is 2. The Labute approximate surface area is 81.5 Å². The van der Waals surface area contributed by atoms with Crippen molar-refractivity contribution in [2.75, 3.05) is 18.5 Å². The van der Waals surface area contributed by atoms with Gasteiger partial charge in [-0.15, -0.1) is 0 Å². The maximum absolute atomic E-state index is 11.0. The fraction of sp³-hybridized carbons (Fsp3) is 0.556. The van der Waals surface area contributed by atoms with Crippen molar-refractivity contribution in [3.05, 3.63) is 22.7 Å². The van der Waals surface area contributed by atoms with E-state index >= 15 is 0 Å². The van der Waals surface area contributed by atoms with Crippen LogP contribution in [0.25, 0.3) is 0 Å². The van der Waals surface area contributed by atoms with E-state index in [4.69, 9.17) is 4.74 Å². The maximum Gasteiger partial charge on any atom is 0.252 e. The predicted molar refractivity (Wildman–Crippen MR) is 52.3 cm³/mol. The molecule has 0 aliphatic carbocycles. The van der Waals surface area contributed by atoms with Crippen molar-refractivity contribution in [2.45, 2.75) is 18.9 Å². The number of aromatic amines is 1. The van der Waals surface area contributed by atoms with Gasteiger partial charge < -0.3 is 15.0 Å². The van der Waals surface area contributed by atoms with Crippen LogP contribution in [0, 0.1) is 0 Å². The third-order valence-corrected chi connectivity index (χ3v) is 2.19.